The highest BCUT2D eigenvalue weighted by molar-refractivity contribution is 6.22. The summed E-state index contributed by atoms with van der Waals surface area (Å²) >= 11 is 0. The summed E-state index contributed by atoms with van der Waals surface area (Å²) in [5, 5.41) is 0. The fraction of sp³-hybridized carbons (Fsp3) is 0.409. The quantitative estimate of drug-likeness (QED) is 0.753. The number of carbonyl (C=O) groups is 2. The van der Waals surface area contributed by atoms with Crippen LogP contribution in [0.25, 0.3) is 0 Å². The molecular weight excluding hydrogens is 356 g/mol. The maximum absolute atomic E-state index is 12.5. The number of imide groups is 1. The zero-order chi connectivity index (χ0) is 19.5. The molecule has 1 spiro atoms. The molecule has 0 unspecified atom stereocenters. The predicted octanol–water partition coefficient (Wildman–Crippen LogP) is 4.07. The Bertz CT molecular complexity index is 977. The van der Waals surface area contributed by atoms with Crippen LogP contribution in [0, 0.1) is 5.41 Å². The first-order chi connectivity index (χ1) is 13.4. The molecule has 0 atom stereocenters. The summed E-state index contributed by atoms with van der Waals surface area (Å²) in [5.41, 5.74) is 2.14. The second-order valence-corrected chi connectivity index (χ2v) is 8.51. The van der Waals surface area contributed by atoms with Crippen LogP contribution >= 0.6 is 0 Å². The average Bonchev–Trinajstić information content (AvgIpc) is 3.10. The van der Waals surface area contributed by atoms with Crippen molar-refractivity contribution in [3.05, 3.63) is 47.7 Å². The van der Waals surface area contributed by atoms with Gasteiger partial charge in [-0.25, -0.2) is 9.88 Å². The highest BCUT2D eigenvalue weighted by Crippen LogP contribution is 2.51. The first-order valence-corrected chi connectivity index (χ1v) is 9.67. The van der Waals surface area contributed by atoms with E-state index in [-0.39, 0.29) is 23.8 Å². The Morgan fingerprint density at radius 1 is 1.14 bits per heavy atom. The smallest absolute Gasteiger partial charge is 0.239 e. The third-order valence-electron chi connectivity index (χ3n) is 6.06. The molecule has 3 aliphatic rings. The molecule has 0 radical (unpaired) electrons. The minimum atomic E-state index is -0.670. The Labute approximate surface area is 163 Å². The van der Waals surface area contributed by atoms with Crippen molar-refractivity contribution < 1.29 is 19.1 Å². The van der Waals surface area contributed by atoms with Gasteiger partial charge in [0.05, 0.1) is 29.5 Å². The van der Waals surface area contributed by atoms with Crippen molar-refractivity contribution in [1.82, 2.24) is 4.98 Å². The SMILES string of the molecule is CC1(C)CC(=O)N(c2ccc(Oc3ccc4c(c3)C3(CCC3)OC4)nc2)C1=O. The highest BCUT2D eigenvalue weighted by Gasteiger charge is 2.46. The molecule has 6 nitrogen and oxygen atoms in total. The number of amides is 2. The summed E-state index contributed by atoms with van der Waals surface area (Å²) in [6, 6.07) is 9.40. The van der Waals surface area contributed by atoms with Crippen LogP contribution < -0.4 is 9.64 Å². The largest absolute Gasteiger partial charge is 0.439 e. The van der Waals surface area contributed by atoms with Crippen LogP contribution in [-0.4, -0.2) is 16.8 Å². The molecule has 2 amide bonds. The van der Waals surface area contributed by atoms with Crippen molar-refractivity contribution in [2.24, 2.45) is 5.41 Å². The van der Waals surface area contributed by atoms with Crippen LogP contribution in [-0.2, 0) is 26.5 Å². The van der Waals surface area contributed by atoms with Crippen molar-refractivity contribution in [3.63, 3.8) is 0 Å². The van der Waals surface area contributed by atoms with E-state index in [1.807, 2.05) is 12.1 Å². The molecule has 0 N–H and O–H groups in total. The van der Waals surface area contributed by atoms with Crippen molar-refractivity contribution in [3.8, 4) is 11.6 Å². The second kappa shape index (κ2) is 5.88. The number of benzene rings is 1. The monoisotopic (exact) mass is 378 g/mol. The predicted molar refractivity (Wildman–Crippen MR) is 102 cm³/mol. The number of fused-ring (bicyclic) bond motifs is 2. The standard InChI is InChI=1S/C22H22N2O4/c1-21(2)11-19(25)24(20(21)26)15-5-7-18(23-12-15)28-16-6-4-14-13-27-22(8-3-9-22)17(14)10-16/h4-7,10,12H,3,8-9,11,13H2,1-2H3. The summed E-state index contributed by atoms with van der Waals surface area (Å²) in [6.07, 6.45) is 5.03. The molecule has 2 fully saturated rings. The van der Waals surface area contributed by atoms with Gasteiger partial charge in [0, 0.05) is 12.5 Å². The van der Waals surface area contributed by atoms with E-state index in [9.17, 15) is 9.59 Å². The zero-order valence-corrected chi connectivity index (χ0v) is 16.0. The van der Waals surface area contributed by atoms with Crippen LogP contribution in [0.5, 0.6) is 11.6 Å². The second-order valence-electron chi connectivity index (χ2n) is 8.51. The van der Waals surface area contributed by atoms with Crippen LogP contribution in [0.15, 0.2) is 36.5 Å². The Morgan fingerprint density at radius 2 is 1.96 bits per heavy atom. The van der Waals surface area contributed by atoms with E-state index >= 15 is 0 Å². The first-order valence-electron chi connectivity index (χ1n) is 9.67. The molecule has 1 saturated heterocycles. The van der Waals surface area contributed by atoms with Crippen LogP contribution in [0.3, 0.4) is 0 Å². The van der Waals surface area contributed by atoms with Crippen molar-refractivity contribution in [2.45, 2.75) is 51.7 Å². The molecule has 2 aromatic rings. The van der Waals surface area contributed by atoms with Gasteiger partial charge in [-0.15, -0.1) is 0 Å². The van der Waals surface area contributed by atoms with E-state index in [0.717, 1.165) is 12.8 Å². The minimum Gasteiger partial charge on any atom is -0.439 e. The lowest BCUT2D eigenvalue weighted by Gasteiger charge is -2.38. The van der Waals surface area contributed by atoms with Crippen LogP contribution in [0.4, 0.5) is 5.69 Å². The fourth-order valence-electron chi connectivity index (χ4n) is 4.27. The van der Waals surface area contributed by atoms with E-state index in [1.165, 1.54) is 28.6 Å². The lowest BCUT2D eigenvalue weighted by atomic mass is 9.75. The van der Waals surface area contributed by atoms with Crippen LogP contribution in [0.2, 0.25) is 0 Å². The highest BCUT2D eigenvalue weighted by atomic mass is 16.5. The molecule has 1 aromatic carbocycles. The molecule has 6 heteroatoms. The Morgan fingerprint density at radius 3 is 2.57 bits per heavy atom. The van der Waals surface area contributed by atoms with Gasteiger partial charge in [-0.2, -0.15) is 0 Å². The average molecular weight is 378 g/mol. The summed E-state index contributed by atoms with van der Waals surface area (Å²) in [5.74, 6) is 0.737. The van der Waals surface area contributed by atoms with Gasteiger partial charge < -0.3 is 9.47 Å². The van der Waals surface area contributed by atoms with Crippen molar-refractivity contribution in [2.75, 3.05) is 4.90 Å². The van der Waals surface area contributed by atoms with Gasteiger partial charge in [-0.1, -0.05) is 19.9 Å². The third kappa shape index (κ3) is 2.55. The molecule has 2 aliphatic heterocycles. The normalized spacial score (nSPS) is 21.7. The van der Waals surface area contributed by atoms with Gasteiger partial charge in [0.2, 0.25) is 17.7 Å². The summed E-state index contributed by atoms with van der Waals surface area (Å²) < 4.78 is 11.9. The minimum absolute atomic E-state index is 0.116. The molecule has 28 heavy (non-hydrogen) atoms. The molecule has 1 aliphatic carbocycles. The van der Waals surface area contributed by atoms with E-state index < -0.39 is 5.41 Å². The van der Waals surface area contributed by atoms with Gasteiger partial charge >= 0.3 is 0 Å². The number of rotatable bonds is 3. The number of anilines is 1. The van der Waals surface area contributed by atoms with Gasteiger partial charge in [0.25, 0.3) is 0 Å². The maximum Gasteiger partial charge on any atom is 0.239 e. The van der Waals surface area contributed by atoms with Gasteiger partial charge in [-0.3, -0.25) is 9.59 Å². The number of ether oxygens (including phenoxy) is 2. The Kier molecular flexibility index (Phi) is 3.65. The lowest BCUT2D eigenvalue weighted by molar-refractivity contribution is -0.124. The topological polar surface area (TPSA) is 68.7 Å². The van der Waals surface area contributed by atoms with Crippen molar-refractivity contribution >= 4 is 17.5 Å². The summed E-state index contributed by atoms with van der Waals surface area (Å²) in [4.78, 5) is 30.2. The maximum atomic E-state index is 12.5. The molecular formula is C22H22N2O4. The van der Waals surface area contributed by atoms with E-state index in [2.05, 4.69) is 11.1 Å². The number of hydrogen-bond donors (Lipinski definition) is 0. The van der Waals surface area contributed by atoms with Crippen LogP contribution in [0.1, 0.15) is 50.7 Å². The molecule has 0 bridgehead atoms. The van der Waals surface area contributed by atoms with Gasteiger partial charge in [0.1, 0.15) is 5.75 Å². The first kappa shape index (κ1) is 17.4. The fourth-order valence-corrected chi connectivity index (χ4v) is 4.27. The number of carbonyl (C=O) groups excluding carboxylic acids is 2. The molecule has 144 valence electrons. The molecule has 3 heterocycles. The number of pyridine rings is 1. The number of nitrogens with zero attached hydrogens (tertiary/aromatic N) is 2. The number of aromatic nitrogens is 1. The summed E-state index contributed by atoms with van der Waals surface area (Å²) in [6.45, 7) is 4.23. The molecule has 1 aromatic heterocycles. The van der Waals surface area contributed by atoms with Gasteiger partial charge in [0.15, 0.2) is 0 Å². The van der Waals surface area contributed by atoms with Gasteiger partial charge in [-0.05, 0) is 48.6 Å². The lowest BCUT2D eigenvalue weighted by Crippen LogP contribution is -2.33. The Hall–Kier alpha value is -2.73. The molecule has 1 saturated carbocycles. The van der Waals surface area contributed by atoms with E-state index in [4.69, 9.17) is 9.47 Å². The molecule has 5 rings (SSSR count). The Balaban J connectivity index is 1.36. The third-order valence-corrected chi connectivity index (χ3v) is 6.06. The summed E-state index contributed by atoms with van der Waals surface area (Å²) in [7, 11) is 0. The van der Waals surface area contributed by atoms with E-state index in [1.54, 1.807) is 26.0 Å². The number of hydrogen-bond acceptors (Lipinski definition) is 5. The van der Waals surface area contributed by atoms with E-state index in [0.29, 0.717) is 23.9 Å². The zero-order valence-electron chi connectivity index (χ0n) is 16.0. The van der Waals surface area contributed by atoms with Crippen molar-refractivity contribution in [1.29, 1.82) is 0 Å².